The molecule has 9 heteroatoms. The average Bonchev–Trinajstić information content (AvgIpc) is 3.23. The molecule has 0 spiro atoms. The number of amides is 1. The average molecular weight is 365 g/mol. The predicted octanol–water partition coefficient (Wildman–Crippen LogP) is 2.03. The van der Waals surface area contributed by atoms with E-state index in [2.05, 4.69) is 36.1 Å². The van der Waals surface area contributed by atoms with Crippen molar-refractivity contribution in [2.75, 3.05) is 12.4 Å². The molecule has 134 valence electrons. The molecule has 0 fully saturated rings. The minimum Gasteiger partial charge on any atom is -0.465 e. The molecule has 1 amide bonds. The smallest absolute Gasteiger partial charge is 0.340 e. The van der Waals surface area contributed by atoms with Gasteiger partial charge < -0.3 is 10.1 Å². The van der Waals surface area contributed by atoms with Crippen LogP contribution in [0.15, 0.2) is 36.9 Å². The van der Waals surface area contributed by atoms with Gasteiger partial charge in [0.1, 0.15) is 5.82 Å². The Labute approximate surface area is 152 Å². The number of hydrogen-bond donors (Lipinski definition) is 2. The van der Waals surface area contributed by atoms with E-state index in [9.17, 15) is 14.0 Å². The van der Waals surface area contributed by atoms with Crippen LogP contribution in [0.5, 0.6) is 0 Å². The molecule has 0 aliphatic heterocycles. The number of rotatable bonds is 4. The van der Waals surface area contributed by atoms with Crippen molar-refractivity contribution in [2.45, 2.75) is 0 Å². The minimum atomic E-state index is -0.830. The Hall–Kier alpha value is -4.06. The van der Waals surface area contributed by atoms with Gasteiger partial charge in [-0.25, -0.2) is 19.2 Å². The number of nitrogens with zero attached hydrogens (tertiary/aromatic N) is 3. The van der Waals surface area contributed by atoms with Gasteiger partial charge in [0, 0.05) is 29.7 Å². The summed E-state index contributed by atoms with van der Waals surface area (Å²) < 4.78 is 18.5. The highest BCUT2D eigenvalue weighted by Crippen LogP contribution is 2.22. The number of esters is 1. The van der Waals surface area contributed by atoms with E-state index in [1.165, 1.54) is 18.5 Å². The summed E-state index contributed by atoms with van der Waals surface area (Å²) in [6.07, 6.45) is 11.4. The molecule has 2 aromatic heterocycles. The third kappa shape index (κ3) is 3.64. The van der Waals surface area contributed by atoms with Gasteiger partial charge in [-0.3, -0.25) is 9.89 Å². The van der Waals surface area contributed by atoms with Gasteiger partial charge in [0.15, 0.2) is 0 Å². The van der Waals surface area contributed by atoms with Crippen molar-refractivity contribution >= 4 is 17.6 Å². The van der Waals surface area contributed by atoms with E-state index in [1.54, 1.807) is 12.4 Å². The summed E-state index contributed by atoms with van der Waals surface area (Å²) in [5.74, 6) is -0.322. The number of H-pyrrole nitrogens is 1. The number of carbonyl (C=O) groups excluding carboxylic acids is 2. The fourth-order valence-electron chi connectivity index (χ4n) is 2.25. The number of hydrogen-bond acceptors (Lipinski definition) is 6. The van der Waals surface area contributed by atoms with Gasteiger partial charge in [0.25, 0.3) is 5.91 Å². The van der Waals surface area contributed by atoms with Crippen LogP contribution in [-0.4, -0.2) is 39.2 Å². The molecule has 2 heterocycles. The number of halogens is 1. The van der Waals surface area contributed by atoms with Crippen LogP contribution in [0.2, 0.25) is 0 Å². The minimum absolute atomic E-state index is 0.0105. The maximum Gasteiger partial charge on any atom is 0.340 e. The quantitative estimate of drug-likeness (QED) is 0.541. The molecule has 8 nitrogen and oxygen atoms in total. The fourth-order valence-corrected chi connectivity index (χ4v) is 2.25. The number of methoxy groups -OCH3 is 1. The number of ether oxygens (including phenoxy) is 1. The van der Waals surface area contributed by atoms with Crippen LogP contribution in [0.4, 0.5) is 10.1 Å². The molecule has 0 unspecified atom stereocenters. The molecule has 3 aromatic rings. The molecule has 2 N–H and O–H groups in total. The molecular formula is C18H12FN5O3. The normalized spacial score (nSPS) is 10.1. The lowest BCUT2D eigenvalue weighted by molar-refractivity contribution is 0.0601. The lowest BCUT2D eigenvalue weighted by Crippen LogP contribution is -2.18. The van der Waals surface area contributed by atoms with Crippen LogP contribution in [0.25, 0.3) is 11.1 Å². The Morgan fingerprint density at radius 3 is 2.56 bits per heavy atom. The highest BCUT2D eigenvalue weighted by molar-refractivity contribution is 6.06. The van der Waals surface area contributed by atoms with Crippen LogP contribution in [0.3, 0.4) is 0 Å². The summed E-state index contributed by atoms with van der Waals surface area (Å²) in [5, 5.41) is 8.93. The van der Waals surface area contributed by atoms with E-state index in [0.717, 1.165) is 18.7 Å². The molecular weight excluding hydrogens is 353 g/mol. The predicted molar refractivity (Wildman–Crippen MR) is 93.2 cm³/mol. The topological polar surface area (TPSA) is 110 Å². The molecule has 0 atom stereocenters. The van der Waals surface area contributed by atoms with E-state index >= 15 is 0 Å². The maximum absolute atomic E-state index is 13.9. The van der Waals surface area contributed by atoms with E-state index in [1.807, 2.05) is 0 Å². The van der Waals surface area contributed by atoms with Crippen LogP contribution in [0, 0.1) is 18.2 Å². The van der Waals surface area contributed by atoms with Crippen molar-refractivity contribution in [1.82, 2.24) is 20.2 Å². The first-order valence-electron chi connectivity index (χ1n) is 7.54. The molecule has 0 bridgehead atoms. The van der Waals surface area contributed by atoms with Crippen molar-refractivity contribution in [3.63, 3.8) is 0 Å². The SMILES string of the molecule is C#Cc1cc(NC(=O)c2ncc(-c3cn[nH]c3)cn2)c(C(=O)OC)cc1F. The second-order valence-corrected chi connectivity index (χ2v) is 5.25. The van der Waals surface area contributed by atoms with Crippen molar-refractivity contribution in [3.05, 3.63) is 59.7 Å². The summed E-state index contributed by atoms with van der Waals surface area (Å²) in [7, 11) is 1.14. The zero-order valence-corrected chi connectivity index (χ0v) is 14.0. The van der Waals surface area contributed by atoms with E-state index in [4.69, 9.17) is 6.42 Å². The Bertz CT molecular complexity index is 1040. The van der Waals surface area contributed by atoms with Crippen LogP contribution in [-0.2, 0) is 4.74 Å². The van der Waals surface area contributed by atoms with Crippen molar-refractivity contribution in [3.8, 4) is 23.5 Å². The Morgan fingerprint density at radius 2 is 1.96 bits per heavy atom. The van der Waals surface area contributed by atoms with Crippen LogP contribution < -0.4 is 5.32 Å². The highest BCUT2D eigenvalue weighted by Gasteiger charge is 2.19. The third-order valence-corrected chi connectivity index (χ3v) is 3.60. The number of carbonyl (C=O) groups is 2. The first-order valence-corrected chi connectivity index (χ1v) is 7.54. The van der Waals surface area contributed by atoms with Gasteiger partial charge in [-0.2, -0.15) is 5.10 Å². The molecule has 27 heavy (non-hydrogen) atoms. The van der Waals surface area contributed by atoms with Gasteiger partial charge in [-0.1, -0.05) is 5.92 Å². The number of aromatic amines is 1. The van der Waals surface area contributed by atoms with Gasteiger partial charge in [-0.15, -0.1) is 6.42 Å². The second-order valence-electron chi connectivity index (χ2n) is 5.25. The zero-order chi connectivity index (χ0) is 19.4. The van der Waals surface area contributed by atoms with E-state index < -0.39 is 17.7 Å². The van der Waals surface area contributed by atoms with Crippen molar-refractivity contribution < 1.29 is 18.7 Å². The number of anilines is 1. The fraction of sp³-hybridized carbons (Fsp3) is 0.0556. The summed E-state index contributed by atoms with van der Waals surface area (Å²) in [6, 6.07) is 2.07. The Balaban J connectivity index is 1.89. The van der Waals surface area contributed by atoms with Crippen molar-refractivity contribution in [1.29, 1.82) is 0 Å². The number of terminal acetylenes is 1. The Kier molecular flexibility index (Phi) is 4.90. The molecule has 0 aliphatic rings. The van der Waals surface area contributed by atoms with Gasteiger partial charge in [0.2, 0.25) is 5.82 Å². The summed E-state index contributed by atoms with van der Waals surface area (Å²) >= 11 is 0. The standard InChI is InChI=1S/C18H12FN5O3/c1-3-10-4-15(13(5-14(10)19)18(26)27-2)24-17(25)16-20-6-11(7-21-16)12-8-22-23-9-12/h1,4-9H,2H3,(H,22,23)(H,24,25). The van der Waals surface area contributed by atoms with Crippen molar-refractivity contribution in [2.24, 2.45) is 0 Å². The zero-order valence-electron chi connectivity index (χ0n) is 14.0. The molecule has 0 saturated carbocycles. The molecule has 1 aromatic carbocycles. The summed E-state index contributed by atoms with van der Waals surface area (Å²) in [4.78, 5) is 32.2. The lowest BCUT2D eigenvalue weighted by Gasteiger charge is -2.11. The lowest BCUT2D eigenvalue weighted by atomic mass is 10.1. The van der Waals surface area contributed by atoms with E-state index in [0.29, 0.717) is 5.56 Å². The molecule has 3 rings (SSSR count). The van der Waals surface area contributed by atoms with Gasteiger partial charge in [0.05, 0.1) is 30.1 Å². The first kappa shape index (κ1) is 17.8. The second kappa shape index (κ2) is 7.45. The first-order chi connectivity index (χ1) is 13.0. The number of nitrogens with one attached hydrogen (secondary N) is 2. The van der Waals surface area contributed by atoms with Gasteiger partial charge >= 0.3 is 5.97 Å². The number of aromatic nitrogens is 4. The third-order valence-electron chi connectivity index (χ3n) is 3.60. The van der Waals surface area contributed by atoms with Gasteiger partial charge in [-0.05, 0) is 12.1 Å². The monoisotopic (exact) mass is 365 g/mol. The molecule has 0 saturated heterocycles. The molecule has 0 radical (unpaired) electrons. The van der Waals surface area contributed by atoms with E-state index in [-0.39, 0.29) is 22.6 Å². The molecule has 0 aliphatic carbocycles. The maximum atomic E-state index is 13.9. The Morgan fingerprint density at radius 1 is 1.22 bits per heavy atom. The highest BCUT2D eigenvalue weighted by atomic mass is 19.1. The summed E-state index contributed by atoms with van der Waals surface area (Å²) in [6.45, 7) is 0. The number of benzene rings is 1. The van der Waals surface area contributed by atoms with Crippen LogP contribution >= 0.6 is 0 Å². The largest absolute Gasteiger partial charge is 0.465 e. The van der Waals surface area contributed by atoms with Crippen LogP contribution in [0.1, 0.15) is 26.5 Å². The summed E-state index contributed by atoms with van der Waals surface area (Å²) in [5.41, 5.74) is 1.11.